The summed E-state index contributed by atoms with van der Waals surface area (Å²) in [6.07, 6.45) is -0.0895. The van der Waals surface area contributed by atoms with Crippen LogP contribution < -0.4 is 9.80 Å². The van der Waals surface area contributed by atoms with Gasteiger partial charge in [-0.25, -0.2) is 9.18 Å². The third kappa shape index (κ3) is 4.24. The molecule has 8 heteroatoms. The lowest BCUT2D eigenvalue weighted by atomic mass is 10.2. The van der Waals surface area contributed by atoms with Crippen molar-refractivity contribution in [3.8, 4) is 0 Å². The number of esters is 1. The lowest BCUT2D eigenvalue weighted by Crippen LogP contribution is -2.36. The Morgan fingerprint density at radius 2 is 2.12 bits per heavy atom. The van der Waals surface area contributed by atoms with Crippen molar-refractivity contribution in [1.82, 2.24) is 0 Å². The van der Waals surface area contributed by atoms with Gasteiger partial charge in [0.25, 0.3) is 0 Å². The number of rotatable bonds is 6. The molecule has 3 rings (SSSR count). The molecule has 0 spiro atoms. The minimum atomic E-state index is -0.569. The topological polar surface area (TPSA) is 68.3 Å². The summed E-state index contributed by atoms with van der Waals surface area (Å²) in [5, 5.41) is 0. The fourth-order valence-corrected chi connectivity index (χ4v) is 3.01. The predicted molar refractivity (Wildman–Crippen MR) is 92.9 cm³/mol. The van der Waals surface area contributed by atoms with Gasteiger partial charge in [0.2, 0.25) is 0 Å². The average molecular weight is 366 g/mol. The second-order valence-corrected chi connectivity index (χ2v) is 6.28. The highest BCUT2D eigenvalue weighted by Gasteiger charge is 2.33. The standard InChI is InChI=1S/C18H23FN2O5/c1-2-3-17(22)25-12-14-11-21(18(23)26-14)13-4-5-16(15(19)10-13)20-6-8-24-9-7-20/h4-5,10,14H,2-3,6-9,11-12H2,1H3/t14-/m1/s1. The van der Waals surface area contributed by atoms with Crippen LogP contribution in [0.2, 0.25) is 0 Å². The molecule has 1 amide bonds. The second kappa shape index (κ2) is 8.35. The number of cyclic esters (lactones) is 1. The van der Waals surface area contributed by atoms with E-state index in [4.69, 9.17) is 14.2 Å². The minimum absolute atomic E-state index is 0.00934. The lowest BCUT2D eigenvalue weighted by Gasteiger charge is -2.29. The van der Waals surface area contributed by atoms with Crippen molar-refractivity contribution in [3.63, 3.8) is 0 Å². The summed E-state index contributed by atoms with van der Waals surface area (Å²) >= 11 is 0. The maximum atomic E-state index is 14.5. The SMILES string of the molecule is CCCC(=O)OC[C@H]1CN(c2ccc(N3CCOCC3)c(F)c2)C(=O)O1. The molecule has 2 aliphatic rings. The molecule has 26 heavy (non-hydrogen) atoms. The van der Waals surface area contributed by atoms with Crippen LogP contribution in [0, 0.1) is 5.82 Å². The minimum Gasteiger partial charge on any atom is -0.462 e. The molecule has 0 saturated carbocycles. The Morgan fingerprint density at radius 1 is 1.35 bits per heavy atom. The summed E-state index contributed by atoms with van der Waals surface area (Å²) in [7, 11) is 0. The summed E-state index contributed by atoms with van der Waals surface area (Å²) in [6.45, 7) is 4.51. The number of nitrogens with zero attached hydrogens (tertiary/aromatic N) is 2. The van der Waals surface area contributed by atoms with E-state index >= 15 is 0 Å². The van der Waals surface area contributed by atoms with Crippen molar-refractivity contribution >= 4 is 23.4 Å². The number of morpholine rings is 1. The van der Waals surface area contributed by atoms with Gasteiger partial charge >= 0.3 is 12.1 Å². The van der Waals surface area contributed by atoms with Crippen LogP contribution in [0.15, 0.2) is 18.2 Å². The maximum absolute atomic E-state index is 14.5. The summed E-state index contributed by atoms with van der Waals surface area (Å²) in [5.74, 6) is -0.710. The van der Waals surface area contributed by atoms with Gasteiger partial charge in [0.15, 0.2) is 6.10 Å². The molecule has 0 radical (unpaired) electrons. The number of hydrogen-bond acceptors (Lipinski definition) is 6. The Hall–Kier alpha value is -2.35. The fourth-order valence-electron chi connectivity index (χ4n) is 3.01. The summed E-state index contributed by atoms with van der Waals surface area (Å²) in [5.41, 5.74) is 0.918. The van der Waals surface area contributed by atoms with Crippen molar-refractivity contribution < 1.29 is 28.2 Å². The average Bonchev–Trinajstić information content (AvgIpc) is 3.02. The van der Waals surface area contributed by atoms with Gasteiger partial charge < -0.3 is 19.1 Å². The highest BCUT2D eigenvalue weighted by Crippen LogP contribution is 2.28. The second-order valence-electron chi connectivity index (χ2n) is 6.28. The highest BCUT2D eigenvalue weighted by atomic mass is 19.1. The van der Waals surface area contributed by atoms with Crippen molar-refractivity contribution in [2.24, 2.45) is 0 Å². The van der Waals surface area contributed by atoms with Crippen molar-refractivity contribution in [1.29, 1.82) is 0 Å². The first kappa shape index (κ1) is 18.4. The van der Waals surface area contributed by atoms with Gasteiger partial charge in [0.1, 0.15) is 12.4 Å². The normalized spacial score (nSPS) is 20.2. The van der Waals surface area contributed by atoms with Crippen molar-refractivity contribution in [3.05, 3.63) is 24.0 Å². The van der Waals surface area contributed by atoms with E-state index in [1.165, 1.54) is 11.0 Å². The van der Waals surface area contributed by atoms with E-state index < -0.39 is 18.0 Å². The third-order valence-electron chi connectivity index (χ3n) is 4.35. The van der Waals surface area contributed by atoms with Crippen LogP contribution in [0.3, 0.4) is 0 Å². The summed E-state index contributed by atoms with van der Waals surface area (Å²) in [4.78, 5) is 26.8. The van der Waals surface area contributed by atoms with Crippen LogP contribution >= 0.6 is 0 Å². The van der Waals surface area contributed by atoms with Crippen LogP contribution in [-0.4, -0.2) is 57.6 Å². The van der Waals surface area contributed by atoms with Crippen LogP contribution in [-0.2, 0) is 19.0 Å². The van der Waals surface area contributed by atoms with E-state index in [0.29, 0.717) is 50.5 Å². The quantitative estimate of drug-likeness (QED) is 0.720. The Labute approximate surface area is 151 Å². The van der Waals surface area contributed by atoms with Gasteiger partial charge in [-0.2, -0.15) is 0 Å². The van der Waals surface area contributed by atoms with E-state index in [0.717, 1.165) is 0 Å². The van der Waals surface area contributed by atoms with E-state index in [1.807, 2.05) is 11.8 Å². The maximum Gasteiger partial charge on any atom is 0.414 e. The molecular weight excluding hydrogens is 343 g/mol. The molecule has 1 aromatic carbocycles. The first-order valence-corrected chi connectivity index (χ1v) is 8.84. The lowest BCUT2D eigenvalue weighted by molar-refractivity contribution is -0.146. The molecule has 0 aliphatic carbocycles. The third-order valence-corrected chi connectivity index (χ3v) is 4.35. The molecule has 1 aromatic rings. The number of amides is 1. The molecule has 1 atom stereocenters. The largest absolute Gasteiger partial charge is 0.462 e. The van der Waals surface area contributed by atoms with E-state index in [9.17, 15) is 14.0 Å². The van der Waals surface area contributed by atoms with E-state index in [-0.39, 0.29) is 19.1 Å². The molecule has 2 saturated heterocycles. The zero-order valence-electron chi connectivity index (χ0n) is 14.8. The Balaban J connectivity index is 1.62. The zero-order valence-corrected chi connectivity index (χ0v) is 14.8. The highest BCUT2D eigenvalue weighted by molar-refractivity contribution is 5.90. The van der Waals surface area contributed by atoms with Gasteiger partial charge in [-0.1, -0.05) is 6.92 Å². The molecule has 2 heterocycles. The van der Waals surface area contributed by atoms with Crippen LogP contribution in [0.5, 0.6) is 0 Å². The molecule has 142 valence electrons. The Bertz CT molecular complexity index is 663. The summed E-state index contributed by atoms with van der Waals surface area (Å²) < 4.78 is 30.1. The smallest absolute Gasteiger partial charge is 0.414 e. The summed E-state index contributed by atoms with van der Waals surface area (Å²) in [6, 6.07) is 4.69. The molecule has 0 unspecified atom stereocenters. The Kier molecular flexibility index (Phi) is 5.92. The van der Waals surface area contributed by atoms with Gasteiger partial charge in [-0.3, -0.25) is 9.69 Å². The van der Waals surface area contributed by atoms with E-state index in [2.05, 4.69) is 0 Å². The molecule has 2 aliphatic heterocycles. The number of carbonyl (C=O) groups excluding carboxylic acids is 2. The fraction of sp³-hybridized carbons (Fsp3) is 0.556. The number of anilines is 2. The molecular formula is C18H23FN2O5. The predicted octanol–water partition coefficient (Wildman–Crippen LogP) is 2.33. The molecule has 0 aromatic heterocycles. The van der Waals surface area contributed by atoms with Crippen LogP contribution in [0.25, 0.3) is 0 Å². The van der Waals surface area contributed by atoms with Gasteiger partial charge in [0, 0.05) is 19.5 Å². The first-order valence-electron chi connectivity index (χ1n) is 8.84. The number of benzene rings is 1. The van der Waals surface area contributed by atoms with Crippen molar-refractivity contribution in [2.45, 2.75) is 25.9 Å². The zero-order chi connectivity index (χ0) is 18.5. The number of halogens is 1. The molecule has 0 bridgehead atoms. The first-order chi connectivity index (χ1) is 12.6. The van der Waals surface area contributed by atoms with Gasteiger partial charge in [-0.15, -0.1) is 0 Å². The molecule has 0 N–H and O–H groups in total. The molecule has 2 fully saturated rings. The van der Waals surface area contributed by atoms with Crippen LogP contribution in [0.1, 0.15) is 19.8 Å². The van der Waals surface area contributed by atoms with Gasteiger partial charge in [-0.05, 0) is 24.6 Å². The monoisotopic (exact) mass is 366 g/mol. The number of hydrogen-bond donors (Lipinski definition) is 0. The molecule has 7 nitrogen and oxygen atoms in total. The van der Waals surface area contributed by atoms with Crippen molar-refractivity contribution in [2.75, 3.05) is 49.3 Å². The Morgan fingerprint density at radius 3 is 2.81 bits per heavy atom. The van der Waals surface area contributed by atoms with Crippen LogP contribution in [0.4, 0.5) is 20.6 Å². The number of ether oxygens (including phenoxy) is 3. The van der Waals surface area contributed by atoms with Gasteiger partial charge in [0.05, 0.1) is 31.1 Å². The number of carbonyl (C=O) groups is 2. The van der Waals surface area contributed by atoms with E-state index in [1.54, 1.807) is 12.1 Å².